The first-order chi connectivity index (χ1) is 10.9. The Kier molecular flexibility index (Phi) is 5.31. The van der Waals surface area contributed by atoms with E-state index >= 15 is 0 Å². The maximum atomic E-state index is 12.2. The molecule has 124 valence electrons. The number of nitrogens with one attached hydrogen (secondary N) is 1. The van der Waals surface area contributed by atoms with Gasteiger partial charge in [-0.1, -0.05) is 13.3 Å². The maximum Gasteiger partial charge on any atom is 0.308 e. The molecule has 1 unspecified atom stereocenters. The second kappa shape index (κ2) is 7.21. The molecule has 23 heavy (non-hydrogen) atoms. The van der Waals surface area contributed by atoms with Gasteiger partial charge in [-0.15, -0.1) is 0 Å². The molecule has 2 rings (SSSR count). The molecule has 0 saturated heterocycles. The molecule has 7 heteroatoms. The number of hydrogen-bond acceptors (Lipinski definition) is 4. The zero-order valence-electron chi connectivity index (χ0n) is 13.6. The summed E-state index contributed by atoms with van der Waals surface area (Å²) in [5.74, 6) is -1.78. The molecule has 7 nitrogen and oxygen atoms in total. The van der Waals surface area contributed by atoms with Gasteiger partial charge in [-0.3, -0.25) is 9.59 Å². The molecule has 0 fully saturated rings. The van der Waals surface area contributed by atoms with Crippen LogP contribution in [0.25, 0.3) is 11.0 Å². The predicted molar refractivity (Wildman–Crippen MR) is 86.3 cm³/mol. The number of carbonyl (C=O) groups excluding carboxylic acids is 1. The van der Waals surface area contributed by atoms with Gasteiger partial charge in [-0.05, 0) is 26.3 Å². The zero-order valence-corrected chi connectivity index (χ0v) is 13.6. The SMILES string of the molecule is CCCC(CNC(=O)c1cnc2c(cnn2C(C)C)c1)C(=O)O. The molecule has 2 aromatic rings. The monoisotopic (exact) mass is 318 g/mol. The van der Waals surface area contributed by atoms with Gasteiger partial charge in [0.25, 0.3) is 5.91 Å². The topological polar surface area (TPSA) is 97.1 Å². The van der Waals surface area contributed by atoms with E-state index in [1.54, 1.807) is 16.9 Å². The number of rotatable bonds is 7. The van der Waals surface area contributed by atoms with Gasteiger partial charge in [-0.25, -0.2) is 9.67 Å². The number of pyridine rings is 1. The minimum absolute atomic E-state index is 0.116. The van der Waals surface area contributed by atoms with Crippen LogP contribution in [0.2, 0.25) is 0 Å². The quantitative estimate of drug-likeness (QED) is 0.816. The van der Waals surface area contributed by atoms with E-state index in [1.165, 1.54) is 6.20 Å². The lowest BCUT2D eigenvalue weighted by atomic mass is 10.0. The molecule has 1 atom stereocenters. The van der Waals surface area contributed by atoms with Crippen molar-refractivity contribution in [3.63, 3.8) is 0 Å². The van der Waals surface area contributed by atoms with Gasteiger partial charge in [0.1, 0.15) is 0 Å². The van der Waals surface area contributed by atoms with Crippen LogP contribution in [-0.4, -0.2) is 38.3 Å². The average Bonchev–Trinajstić information content (AvgIpc) is 2.93. The van der Waals surface area contributed by atoms with Crippen molar-refractivity contribution < 1.29 is 14.7 Å². The van der Waals surface area contributed by atoms with Gasteiger partial charge in [0, 0.05) is 24.2 Å². The lowest BCUT2D eigenvalue weighted by Gasteiger charge is -2.12. The normalized spacial score (nSPS) is 12.5. The fourth-order valence-electron chi connectivity index (χ4n) is 2.42. The number of carboxylic acid groups (broad SMARTS) is 1. The van der Waals surface area contributed by atoms with E-state index in [2.05, 4.69) is 15.4 Å². The Bertz CT molecular complexity index is 708. The van der Waals surface area contributed by atoms with E-state index < -0.39 is 11.9 Å². The van der Waals surface area contributed by atoms with Crippen LogP contribution >= 0.6 is 0 Å². The lowest BCUT2D eigenvalue weighted by Crippen LogP contribution is -2.33. The third kappa shape index (κ3) is 3.85. The first-order valence-electron chi connectivity index (χ1n) is 7.78. The summed E-state index contributed by atoms with van der Waals surface area (Å²) in [5, 5.41) is 16.8. The van der Waals surface area contributed by atoms with Crippen molar-refractivity contribution in [3.8, 4) is 0 Å². The van der Waals surface area contributed by atoms with Crippen molar-refractivity contribution in [3.05, 3.63) is 24.0 Å². The highest BCUT2D eigenvalue weighted by Gasteiger charge is 2.18. The minimum Gasteiger partial charge on any atom is -0.481 e. The highest BCUT2D eigenvalue weighted by Crippen LogP contribution is 2.16. The third-order valence-electron chi connectivity index (χ3n) is 3.68. The second-order valence-corrected chi connectivity index (χ2v) is 5.85. The number of nitrogens with zero attached hydrogens (tertiary/aromatic N) is 3. The summed E-state index contributed by atoms with van der Waals surface area (Å²) in [6.45, 7) is 6.05. The number of hydrogen-bond donors (Lipinski definition) is 2. The maximum absolute atomic E-state index is 12.2. The summed E-state index contributed by atoms with van der Waals surface area (Å²) in [4.78, 5) is 27.6. The van der Waals surface area contributed by atoms with Gasteiger partial charge >= 0.3 is 5.97 Å². The number of fused-ring (bicyclic) bond motifs is 1. The Balaban J connectivity index is 2.10. The summed E-state index contributed by atoms with van der Waals surface area (Å²) in [6, 6.07) is 1.91. The van der Waals surface area contributed by atoms with Gasteiger partial charge in [0.15, 0.2) is 5.65 Å². The molecule has 0 bridgehead atoms. The minimum atomic E-state index is -0.890. The Morgan fingerprint density at radius 2 is 2.09 bits per heavy atom. The fourth-order valence-corrected chi connectivity index (χ4v) is 2.42. The van der Waals surface area contributed by atoms with Crippen LogP contribution in [0.5, 0.6) is 0 Å². The van der Waals surface area contributed by atoms with Crippen LogP contribution in [0, 0.1) is 5.92 Å². The van der Waals surface area contributed by atoms with Gasteiger partial charge in [0.2, 0.25) is 0 Å². The standard InChI is InChI=1S/C16H22N4O3/c1-4-5-11(16(22)23)7-18-15(21)13-6-12-9-19-20(10(2)3)14(12)17-8-13/h6,8-11H,4-5,7H2,1-3H3,(H,18,21)(H,22,23). The summed E-state index contributed by atoms with van der Waals surface area (Å²) in [7, 11) is 0. The van der Waals surface area contributed by atoms with E-state index in [1.807, 2.05) is 20.8 Å². The first kappa shape index (κ1) is 16.9. The Morgan fingerprint density at radius 3 is 2.70 bits per heavy atom. The van der Waals surface area contributed by atoms with Gasteiger partial charge < -0.3 is 10.4 Å². The Hall–Kier alpha value is -2.44. The lowest BCUT2D eigenvalue weighted by molar-refractivity contribution is -0.141. The number of carboxylic acids is 1. The molecule has 0 spiro atoms. The Morgan fingerprint density at radius 1 is 1.35 bits per heavy atom. The highest BCUT2D eigenvalue weighted by atomic mass is 16.4. The van der Waals surface area contributed by atoms with Crippen molar-refractivity contribution in [2.45, 2.75) is 39.7 Å². The summed E-state index contributed by atoms with van der Waals surface area (Å²) in [5.41, 5.74) is 1.13. The summed E-state index contributed by atoms with van der Waals surface area (Å²) in [6.07, 6.45) is 4.47. The third-order valence-corrected chi connectivity index (χ3v) is 3.68. The molecular weight excluding hydrogens is 296 g/mol. The van der Waals surface area contributed by atoms with E-state index in [9.17, 15) is 9.59 Å². The van der Waals surface area contributed by atoms with Gasteiger partial charge in [0.05, 0.1) is 17.7 Å². The van der Waals surface area contributed by atoms with E-state index in [4.69, 9.17) is 5.11 Å². The zero-order chi connectivity index (χ0) is 17.0. The largest absolute Gasteiger partial charge is 0.481 e. The number of aliphatic carboxylic acids is 1. The van der Waals surface area contributed by atoms with Crippen LogP contribution < -0.4 is 5.32 Å². The first-order valence-corrected chi connectivity index (χ1v) is 7.78. The molecule has 0 radical (unpaired) electrons. The smallest absolute Gasteiger partial charge is 0.308 e. The molecule has 0 aliphatic rings. The summed E-state index contributed by atoms with van der Waals surface area (Å²) >= 11 is 0. The van der Waals surface area contributed by atoms with Crippen LogP contribution in [0.1, 0.15) is 50.0 Å². The number of aromatic nitrogens is 3. The fraction of sp³-hybridized carbons (Fsp3) is 0.500. The molecule has 0 aliphatic carbocycles. The molecule has 0 saturated carbocycles. The molecule has 0 aromatic carbocycles. The predicted octanol–water partition coefficient (Wildman–Crippen LogP) is 2.24. The summed E-state index contributed by atoms with van der Waals surface area (Å²) < 4.78 is 1.79. The molecule has 0 aliphatic heterocycles. The van der Waals surface area contributed by atoms with Crippen molar-refractivity contribution in [2.75, 3.05) is 6.54 Å². The van der Waals surface area contributed by atoms with Crippen LogP contribution in [-0.2, 0) is 4.79 Å². The second-order valence-electron chi connectivity index (χ2n) is 5.85. The van der Waals surface area contributed by atoms with E-state index in [0.29, 0.717) is 12.0 Å². The molecule has 2 aromatic heterocycles. The van der Waals surface area contributed by atoms with Gasteiger partial charge in [-0.2, -0.15) is 5.10 Å². The van der Waals surface area contributed by atoms with Crippen LogP contribution in [0.3, 0.4) is 0 Å². The molecular formula is C16H22N4O3. The average molecular weight is 318 g/mol. The van der Waals surface area contributed by atoms with Crippen LogP contribution in [0.15, 0.2) is 18.5 Å². The highest BCUT2D eigenvalue weighted by molar-refractivity contribution is 5.97. The molecule has 2 N–H and O–H groups in total. The van der Waals surface area contributed by atoms with Crippen molar-refractivity contribution in [1.82, 2.24) is 20.1 Å². The Labute approximate surface area is 134 Å². The van der Waals surface area contributed by atoms with Crippen molar-refractivity contribution in [1.29, 1.82) is 0 Å². The van der Waals surface area contributed by atoms with Crippen LogP contribution in [0.4, 0.5) is 0 Å². The number of amides is 1. The van der Waals surface area contributed by atoms with Crippen molar-refractivity contribution >= 4 is 22.9 Å². The molecule has 1 amide bonds. The molecule has 2 heterocycles. The number of carbonyl (C=O) groups is 2. The van der Waals surface area contributed by atoms with E-state index in [-0.39, 0.29) is 18.5 Å². The van der Waals surface area contributed by atoms with E-state index in [0.717, 1.165) is 17.5 Å². The van der Waals surface area contributed by atoms with Crippen molar-refractivity contribution in [2.24, 2.45) is 5.92 Å².